The van der Waals surface area contributed by atoms with Crippen molar-refractivity contribution in [2.75, 3.05) is 11.9 Å². The first-order valence-corrected chi connectivity index (χ1v) is 6.63. The number of piperidine rings is 1. The minimum Gasteiger partial charge on any atom is -0.478 e. The molecule has 4 nitrogen and oxygen atoms in total. The van der Waals surface area contributed by atoms with Crippen LogP contribution in [0.3, 0.4) is 0 Å². The van der Waals surface area contributed by atoms with E-state index in [1.54, 1.807) is 0 Å². The maximum Gasteiger partial charge on any atom is 0.265 e. The molecule has 2 N–H and O–H groups in total. The molecular formula is C14H18N2O2. The lowest BCUT2D eigenvalue weighted by Crippen LogP contribution is -2.44. The summed E-state index contributed by atoms with van der Waals surface area (Å²) < 4.78 is 5.79. The summed E-state index contributed by atoms with van der Waals surface area (Å²) in [6, 6.07) is 7.98. The molecule has 96 valence electrons. The second-order valence-electron chi connectivity index (χ2n) is 4.97. The van der Waals surface area contributed by atoms with Gasteiger partial charge in [0, 0.05) is 12.5 Å². The van der Waals surface area contributed by atoms with Crippen LogP contribution in [-0.4, -0.2) is 24.6 Å². The molecule has 1 aromatic carbocycles. The predicted molar refractivity (Wildman–Crippen MR) is 69.7 cm³/mol. The Labute approximate surface area is 107 Å². The Morgan fingerprint density at radius 2 is 2.17 bits per heavy atom. The lowest BCUT2D eigenvalue weighted by atomic mass is 9.98. The Morgan fingerprint density at radius 1 is 1.28 bits per heavy atom. The molecule has 3 rings (SSSR count). The van der Waals surface area contributed by atoms with E-state index in [4.69, 9.17) is 4.74 Å². The standard InChI is InChI=1S/C14H18N2O2/c17-14-13(9-10-5-3-4-8-15-10)18-12-7-2-1-6-11(12)16-14/h1-2,6-7,10,13,15H,3-5,8-9H2,(H,16,17). The minimum absolute atomic E-state index is 0.0268. The van der Waals surface area contributed by atoms with Gasteiger partial charge < -0.3 is 15.4 Å². The van der Waals surface area contributed by atoms with Crippen molar-refractivity contribution in [3.8, 4) is 5.75 Å². The van der Waals surface area contributed by atoms with Crippen molar-refractivity contribution in [3.05, 3.63) is 24.3 Å². The van der Waals surface area contributed by atoms with E-state index in [2.05, 4.69) is 10.6 Å². The first-order valence-electron chi connectivity index (χ1n) is 6.63. The number of nitrogens with one attached hydrogen (secondary N) is 2. The molecule has 1 saturated heterocycles. The Balaban J connectivity index is 1.68. The van der Waals surface area contributed by atoms with Gasteiger partial charge in [-0.1, -0.05) is 18.6 Å². The Bertz CT molecular complexity index is 441. The fourth-order valence-corrected chi connectivity index (χ4v) is 2.63. The number of rotatable bonds is 2. The van der Waals surface area contributed by atoms with Crippen molar-refractivity contribution >= 4 is 11.6 Å². The molecule has 0 saturated carbocycles. The summed E-state index contributed by atoms with van der Waals surface area (Å²) >= 11 is 0. The number of para-hydroxylation sites is 2. The first kappa shape index (κ1) is 11.5. The summed E-state index contributed by atoms with van der Waals surface area (Å²) in [5.41, 5.74) is 0.773. The average molecular weight is 246 g/mol. The zero-order valence-corrected chi connectivity index (χ0v) is 10.3. The highest BCUT2D eigenvalue weighted by Gasteiger charge is 2.30. The molecule has 0 spiro atoms. The summed E-state index contributed by atoms with van der Waals surface area (Å²) in [7, 11) is 0. The number of fused-ring (bicyclic) bond motifs is 1. The van der Waals surface area contributed by atoms with Crippen LogP contribution in [0.1, 0.15) is 25.7 Å². The van der Waals surface area contributed by atoms with Crippen LogP contribution in [0.4, 0.5) is 5.69 Å². The molecule has 4 heteroatoms. The second kappa shape index (κ2) is 4.98. The van der Waals surface area contributed by atoms with E-state index in [0.29, 0.717) is 6.04 Å². The minimum atomic E-state index is -0.365. The van der Waals surface area contributed by atoms with Crippen molar-refractivity contribution < 1.29 is 9.53 Å². The summed E-state index contributed by atoms with van der Waals surface area (Å²) in [6.45, 7) is 1.05. The molecule has 18 heavy (non-hydrogen) atoms. The van der Waals surface area contributed by atoms with E-state index >= 15 is 0 Å². The highest BCUT2D eigenvalue weighted by molar-refractivity contribution is 5.97. The van der Waals surface area contributed by atoms with E-state index < -0.39 is 0 Å². The van der Waals surface area contributed by atoms with E-state index in [0.717, 1.165) is 30.8 Å². The molecule has 0 bridgehead atoms. The van der Waals surface area contributed by atoms with Gasteiger partial charge in [0.2, 0.25) is 0 Å². The van der Waals surface area contributed by atoms with Crippen LogP contribution in [0.25, 0.3) is 0 Å². The predicted octanol–water partition coefficient (Wildman–Crippen LogP) is 1.92. The molecule has 0 aliphatic carbocycles. The van der Waals surface area contributed by atoms with Gasteiger partial charge in [0.15, 0.2) is 6.10 Å². The van der Waals surface area contributed by atoms with E-state index in [-0.39, 0.29) is 12.0 Å². The molecule has 0 radical (unpaired) electrons. The topological polar surface area (TPSA) is 50.4 Å². The number of hydrogen-bond acceptors (Lipinski definition) is 3. The SMILES string of the molecule is O=C1Nc2ccccc2OC1CC1CCCCN1. The Hall–Kier alpha value is -1.55. The van der Waals surface area contributed by atoms with Crippen LogP contribution in [0, 0.1) is 0 Å². The molecule has 1 aromatic rings. The molecule has 1 amide bonds. The van der Waals surface area contributed by atoms with Gasteiger partial charge in [0.05, 0.1) is 5.69 Å². The third-order valence-electron chi connectivity index (χ3n) is 3.62. The normalized spacial score (nSPS) is 27.0. The van der Waals surface area contributed by atoms with Gasteiger partial charge in [-0.05, 0) is 31.5 Å². The maximum absolute atomic E-state index is 12.0. The van der Waals surface area contributed by atoms with Crippen LogP contribution in [0.15, 0.2) is 24.3 Å². The van der Waals surface area contributed by atoms with Gasteiger partial charge in [0.1, 0.15) is 5.75 Å². The molecule has 2 unspecified atom stereocenters. The van der Waals surface area contributed by atoms with Crippen molar-refractivity contribution in [2.24, 2.45) is 0 Å². The smallest absolute Gasteiger partial charge is 0.265 e. The van der Waals surface area contributed by atoms with Gasteiger partial charge in [0.25, 0.3) is 5.91 Å². The molecule has 2 atom stereocenters. The molecule has 0 aromatic heterocycles. The van der Waals surface area contributed by atoms with Crippen molar-refractivity contribution in [1.29, 1.82) is 0 Å². The zero-order valence-electron chi connectivity index (χ0n) is 10.3. The molecular weight excluding hydrogens is 228 g/mol. The fraction of sp³-hybridized carbons (Fsp3) is 0.500. The van der Waals surface area contributed by atoms with Crippen LogP contribution in [0.5, 0.6) is 5.75 Å². The lowest BCUT2D eigenvalue weighted by Gasteiger charge is -2.30. The van der Waals surface area contributed by atoms with Crippen LogP contribution in [-0.2, 0) is 4.79 Å². The summed E-state index contributed by atoms with van der Waals surface area (Å²) in [6.07, 6.45) is 3.99. The van der Waals surface area contributed by atoms with Crippen LogP contribution in [0.2, 0.25) is 0 Å². The highest BCUT2D eigenvalue weighted by Crippen LogP contribution is 2.30. The van der Waals surface area contributed by atoms with Gasteiger partial charge in [-0.3, -0.25) is 4.79 Å². The van der Waals surface area contributed by atoms with Crippen LogP contribution < -0.4 is 15.4 Å². The summed E-state index contributed by atoms with van der Waals surface area (Å²) in [4.78, 5) is 12.0. The molecule has 1 fully saturated rings. The van der Waals surface area contributed by atoms with Crippen molar-refractivity contribution in [3.63, 3.8) is 0 Å². The zero-order chi connectivity index (χ0) is 12.4. The molecule has 2 heterocycles. The third-order valence-corrected chi connectivity index (χ3v) is 3.62. The van der Waals surface area contributed by atoms with Gasteiger partial charge in [-0.2, -0.15) is 0 Å². The van der Waals surface area contributed by atoms with E-state index in [9.17, 15) is 4.79 Å². The third kappa shape index (κ3) is 2.34. The maximum atomic E-state index is 12.0. The fourth-order valence-electron chi connectivity index (χ4n) is 2.63. The molecule has 2 aliphatic rings. The van der Waals surface area contributed by atoms with Gasteiger partial charge >= 0.3 is 0 Å². The number of benzene rings is 1. The second-order valence-corrected chi connectivity index (χ2v) is 4.97. The van der Waals surface area contributed by atoms with Gasteiger partial charge in [-0.25, -0.2) is 0 Å². The summed E-state index contributed by atoms with van der Waals surface area (Å²) in [5.74, 6) is 0.749. The van der Waals surface area contributed by atoms with Crippen molar-refractivity contribution in [1.82, 2.24) is 5.32 Å². The highest BCUT2D eigenvalue weighted by atomic mass is 16.5. The number of ether oxygens (including phenoxy) is 1. The van der Waals surface area contributed by atoms with Crippen molar-refractivity contribution in [2.45, 2.75) is 37.8 Å². The first-order chi connectivity index (χ1) is 8.83. The van der Waals surface area contributed by atoms with Gasteiger partial charge in [-0.15, -0.1) is 0 Å². The Morgan fingerprint density at radius 3 is 3.00 bits per heavy atom. The quantitative estimate of drug-likeness (QED) is 0.838. The average Bonchev–Trinajstić information content (AvgIpc) is 2.41. The number of amides is 1. The van der Waals surface area contributed by atoms with E-state index in [1.807, 2.05) is 24.3 Å². The lowest BCUT2D eigenvalue weighted by molar-refractivity contribution is -0.124. The number of hydrogen-bond donors (Lipinski definition) is 2. The number of carbonyl (C=O) groups excluding carboxylic acids is 1. The Kier molecular flexibility index (Phi) is 3.19. The monoisotopic (exact) mass is 246 g/mol. The van der Waals surface area contributed by atoms with E-state index in [1.165, 1.54) is 12.8 Å². The largest absolute Gasteiger partial charge is 0.478 e. The van der Waals surface area contributed by atoms with Crippen LogP contribution >= 0.6 is 0 Å². The molecule has 2 aliphatic heterocycles. The number of carbonyl (C=O) groups is 1. The number of anilines is 1. The summed E-state index contributed by atoms with van der Waals surface area (Å²) in [5, 5.41) is 6.36.